The van der Waals surface area contributed by atoms with Crippen LogP contribution in [0.15, 0.2) is 29.8 Å². The first kappa shape index (κ1) is 19.9. The fourth-order valence-corrected chi connectivity index (χ4v) is 5.54. The van der Waals surface area contributed by atoms with Crippen molar-refractivity contribution in [1.29, 1.82) is 0 Å². The van der Waals surface area contributed by atoms with Crippen LogP contribution in [0.5, 0.6) is 0 Å². The van der Waals surface area contributed by atoms with Crippen LogP contribution in [0, 0.1) is 5.92 Å². The van der Waals surface area contributed by atoms with Gasteiger partial charge < -0.3 is 5.32 Å². The molecule has 146 valence electrons. The molecule has 0 aromatic heterocycles. The smallest absolute Gasteiger partial charge is 0.252 e. The Morgan fingerprint density at radius 3 is 2.70 bits per heavy atom. The Morgan fingerprint density at radius 2 is 2.11 bits per heavy atom. The molecule has 1 aromatic rings. The number of nitrogens with zero attached hydrogens (tertiary/aromatic N) is 1. The normalized spacial score (nSPS) is 21.9. The molecule has 0 radical (unpaired) electrons. The van der Waals surface area contributed by atoms with Crippen molar-refractivity contribution in [3.8, 4) is 0 Å². The average molecular weight is 411 g/mol. The van der Waals surface area contributed by atoms with Crippen LogP contribution in [0.4, 0.5) is 5.69 Å². The van der Waals surface area contributed by atoms with Crippen molar-refractivity contribution in [1.82, 2.24) is 5.32 Å². The van der Waals surface area contributed by atoms with E-state index in [1.165, 1.54) is 36.6 Å². The van der Waals surface area contributed by atoms with Gasteiger partial charge in [0.2, 0.25) is 15.9 Å². The predicted molar refractivity (Wildman–Crippen MR) is 105 cm³/mol. The minimum atomic E-state index is -3.70. The maximum atomic E-state index is 12.4. The van der Waals surface area contributed by atoms with E-state index in [-0.39, 0.29) is 27.9 Å². The summed E-state index contributed by atoms with van der Waals surface area (Å²) in [5.41, 5.74) is 1.79. The zero-order valence-corrected chi connectivity index (χ0v) is 16.8. The molecule has 0 bridgehead atoms. The fraction of sp³-hybridized carbons (Fsp3) is 0.474. The summed E-state index contributed by atoms with van der Waals surface area (Å²) in [6, 6.07) is 4.25. The van der Waals surface area contributed by atoms with E-state index in [1.807, 2.05) is 0 Å². The third-order valence-electron chi connectivity index (χ3n) is 4.91. The van der Waals surface area contributed by atoms with Crippen molar-refractivity contribution in [2.24, 2.45) is 5.92 Å². The number of amides is 2. The second-order valence-electron chi connectivity index (χ2n) is 7.06. The fourth-order valence-electron chi connectivity index (χ4n) is 3.46. The van der Waals surface area contributed by atoms with E-state index in [2.05, 4.69) is 11.4 Å². The Balaban J connectivity index is 1.68. The number of rotatable bonds is 5. The number of sulfonamides is 1. The van der Waals surface area contributed by atoms with Gasteiger partial charge in [0.05, 0.1) is 27.9 Å². The number of allylic oxidation sites excluding steroid dienone is 1. The molecule has 1 unspecified atom stereocenters. The number of benzene rings is 1. The summed E-state index contributed by atoms with van der Waals surface area (Å²) in [5, 5.41) is 2.96. The van der Waals surface area contributed by atoms with E-state index in [1.54, 1.807) is 6.92 Å². The molecule has 0 spiro atoms. The quantitative estimate of drug-likeness (QED) is 0.755. The van der Waals surface area contributed by atoms with Crippen LogP contribution in [-0.4, -0.2) is 32.5 Å². The summed E-state index contributed by atoms with van der Waals surface area (Å²) in [7, 11) is -3.70. The van der Waals surface area contributed by atoms with Crippen LogP contribution in [-0.2, 0) is 14.8 Å². The molecule has 2 amide bonds. The zero-order valence-electron chi connectivity index (χ0n) is 15.2. The van der Waals surface area contributed by atoms with Crippen molar-refractivity contribution >= 4 is 39.1 Å². The van der Waals surface area contributed by atoms with Gasteiger partial charge in [-0.1, -0.05) is 30.2 Å². The van der Waals surface area contributed by atoms with Crippen LogP contribution < -0.4 is 9.62 Å². The minimum Gasteiger partial charge on any atom is -0.352 e. The van der Waals surface area contributed by atoms with E-state index >= 15 is 0 Å². The maximum absolute atomic E-state index is 12.4. The van der Waals surface area contributed by atoms with E-state index in [0.717, 1.165) is 23.6 Å². The number of nitrogens with one attached hydrogen (secondary N) is 1. The zero-order chi connectivity index (χ0) is 19.6. The van der Waals surface area contributed by atoms with Crippen molar-refractivity contribution in [2.75, 3.05) is 16.6 Å². The lowest BCUT2D eigenvalue weighted by molar-refractivity contribution is -0.119. The van der Waals surface area contributed by atoms with E-state index in [4.69, 9.17) is 11.6 Å². The standard InChI is InChI=1S/C19H23ClN2O4S/c1-13-12-27(25,26)22(19(13)24)15-7-8-16(17(20)11-15)18(23)21-10-9-14-5-3-2-4-6-14/h5,7-8,11,13H,2-4,6,9-10,12H2,1H3,(H,21,23). The maximum Gasteiger partial charge on any atom is 0.252 e. The first-order valence-corrected chi connectivity index (χ1v) is 11.1. The number of halogens is 1. The molecule has 1 saturated heterocycles. The van der Waals surface area contributed by atoms with Crippen LogP contribution in [0.1, 0.15) is 49.4 Å². The van der Waals surface area contributed by atoms with Crippen molar-refractivity contribution in [3.05, 3.63) is 40.4 Å². The van der Waals surface area contributed by atoms with Crippen LogP contribution in [0.2, 0.25) is 5.02 Å². The van der Waals surface area contributed by atoms with E-state index < -0.39 is 21.8 Å². The molecule has 2 aliphatic rings. The van der Waals surface area contributed by atoms with E-state index in [0.29, 0.717) is 6.54 Å². The highest BCUT2D eigenvalue weighted by molar-refractivity contribution is 7.94. The topological polar surface area (TPSA) is 83.6 Å². The van der Waals surface area contributed by atoms with E-state index in [9.17, 15) is 18.0 Å². The molecule has 1 fully saturated rings. The van der Waals surface area contributed by atoms with Crippen molar-refractivity contribution in [3.63, 3.8) is 0 Å². The van der Waals surface area contributed by atoms with Crippen LogP contribution in [0.25, 0.3) is 0 Å². The van der Waals surface area contributed by atoms with Gasteiger partial charge in [-0.15, -0.1) is 0 Å². The summed E-state index contributed by atoms with van der Waals surface area (Å²) in [6.45, 7) is 2.10. The van der Waals surface area contributed by atoms with Crippen molar-refractivity contribution in [2.45, 2.75) is 39.0 Å². The second-order valence-corrected chi connectivity index (χ2v) is 9.33. The van der Waals surface area contributed by atoms with Gasteiger partial charge in [0.25, 0.3) is 5.91 Å². The molecule has 8 heteroatoms. The molecule has 1 atom stereocenters. The predicted octanol–water partition coefficient (Wildman–Crippen LogP) is 3.27. The highest BCUT2D eigenvalue weighted by Gasteiger charge is 2.42. The van der Waals surface area contributed by atoms with Gasteiger partial charge in [-0.3, -0.25) is 9.59 Å². The molecular formula is C19H23ClN2O4S. The largest absolute Gasteiger partial charge is 0.352 e. The Kier molecular flexibility index (Phi) is 5.91. The molecule has 1 aromatic carbocycles. The molecular weight excluding hydrogens is 388 g/mol. The summed E-state index contributed by atoms with van der Waals surface area (Å²) in [5.74, 6) is -1.61. The number of hydrogen-bond acceptors (Lipinski definition) is 4. The SMILES string of the molecule is CC1CS(=O)(=O)N(c2ccc(C(=O)NCCC3=CCCCC3)c(Cl)c2)C1=O. The number of carbonyl (C=O) groups excluding carboxylic acids is 2. The molecule has 1 heterocycles. The lowest BCUT2D eigenvalue weighted by Crippen LogP contribution is -2.30. The van der Waals surface area contributed by atoms with Gasteiger partial charge in [0, 0.05) is 6.54 Å². The Bertz CT molecular complexity index is 895. The summed E-state index contributed by atoms with van der Waals surface area (Å²) >= 11 is 6.20. The van der Waals surface area contributed by atoms with Gasteiger partial charge in [0.15, 0.2) is 0 Å². The van der Waals surface area contributed by atoms with Gasteiger partial charge in [0.1, 0.15) is 0 Å². The van der Waals surface area contributed by atoms with Crippen LogP contribution >= 0.6 is 11.6 Å². The Morgan fingerprint density at radius 1 is 1.33 bits per heavy atom. The molecule has 3 rings (SSSR count). The highest BCUT2D eigenvalue weighted by Crippen LogP contribution is 2.31. The number of anilines is 1. The molecule has 1 aliphatic carbocycles. The third-order valence-corrected chi connectivity index (χ3v) is 7.09. The summed E-state index contributed by atoms with van der Waals surface area (Å²) < 4.78 is 25.1. The summed E-state index contributed by atoms with van der Waals surface area (Å²) in [4.78, 5) is 24.5. The molecule has 6 nitrogen and oxygen atoms in total. The van der Waals surface area contributed by atoms with Crippen LogP contribution in [0.3, 0.4) is 0 Å². The molecule has 27 heavy (non-hydrogen) atoms. The molecule has 1 N–H and O–H groups in total. The van der Waals surface area contributed by atoms with Crippen molar-refractivity contribution < 1.29 is 18.0 Å². The third kappa shape index (κ3) is 4.35. The second kappa shape index (κ2) is 8.02. The Hall–Kier alpha value is -1.86. The van der Waals surface area contributed by atoms with Gasteiger partial charge in [-0.25, -0.2) is 12.7 Å². The lowest BCUT2D eigenvalue weighted by atomic mass is 9.97. The number of hydrogen-bond donors (Lipinski definition) is 1. The Labute approximate surface area is 164 Å². The van der Waals surface area contributed by atoms with Gasteiger partial charge in [-0.05, 0) is 50.3 Å². The molecule has 1 aliphatic heterocycles. The summed E-state index contributed by atoms with van der Waals surface area (Å²) in [6.07, 6.45) is 7.68. The number of carbonyl (C=O) groups is 2. The lowest BCUT2D eigenvalue weighted by Gasteiger charge is -2.17. The average Bonchev–Trinajstić information content (AvgIpc) is 2.82. The minimum absolute atomic E-state index is 0.115. The molecule has 0 saturated carbocycles. The van der Waals surface area contributed by atoms with Gasteiger partial charge in [-0.2, -0.15) is 0 Å². The van der Waals surface area contributed by atoms with Gasteiger partial charge >= 0.3 is 0 Å². The monoisotopic (exact) mass is 410 g/mol. The highest BCUT2D eigenvalue weighted by atomic mass is 35.5. The first-order valence-electron chi connectivity index (χ1n) is 9.12. The first-order chi connectivity index (χ1) is 12.8.